The third kappa shape index (κ3) is 6.54. The molecule has 0 unspecified atom stereocenters. The van der Waals surface area contributed by atoms with Gasteiger partial charge >= 0.3 is 17.9 Å². The predicted octanol–water partition coefficient (Wildman–Crippen LogP) is 5.93. The van der Waals surface area contributed by atoms with E-state index >= 15 is 0 Å². The van der Waals surface area contributed by atoms with Gasteiger partial charge in [0.2, 0.25) is 12.6 Å². The van der Waals surface area contributed by atoms with Gasteiger partial charge in [0, 0.05) is 25.8 Å². The summed E-state index contributed by atoms with van der Waals surface area (Å²) in [5, 5.41) is 11.1. The van der Waals surface area contributed by atoms with E-state index in [9.17, 15) is 19.5 Å². The number of carbonyl (C=O) groups excluding carboxylic acids is 3. The third-order valence-corrected chi connectivity index (χ3v) is 9.33. The Morgan fingerprint density at radius 2 is 1.75 bits per heavy atom. The van der Waals surface area contributed by atoms with Crippen LogP contribution in [0.3, 0.4) is 0 Å². The lowest BCUT2D eigenvalue weighted by molar-refractivity contribution is -0.257. The molecule has 1 N–H and O–H groups in total. The summed E-state index contributed by atoms with van der Waals surface area (Å²) < 4.78 is 23.8. The second-order valence-corrected chi connectivity index (χ2v) is 12.1. The fourth-order valence-electron chi connectivity index (χ4n) is 7.01. The molecule has 1 aliphatic heterocycles. The first-order valence-corrected chi connectivity index (χ1v) is 14.8. The molecule has 1 spiro atoms. The molecule has 3 aliphatic rings. The van der Waals surface area contributed by atoms with E-state index in [1.807, 2.05) is 6.92 Å². The Morgan fingerprint density at radius 3 is 2.38 bits per heavy atom. The second kappa shape index (κ2) is 13.5. The average molecular weight is 561 g/mol. The number of aliphatic hydroxyl groups is 1. The molecule has 2 aliphatic carbocycles. The molecular formula is C32H48O8. The molecule has 3 rings (SSSR count). The van der Waals surface area contributed by atoms with Crippen molar-refractivity contribution in [2.75, 3.05) is 0 Å². The van der Waals surface area contributed by atoms with E-state index in [0.29, 0.717) is 31.3 Å². The first-order chi connectivity index (χ1) is 18.9. The van der Waals surface area contributed by atoms with Crippen molar-refractivity contribution in [1.82, 2.24) is 0 Å². The molecule has 2 fully saturated rings. The van der Waals surface area contributed by atoms with Crippen LogP contribution in [0.2, 0.25) is 0 Å². The van der Waals surface area contributed by atoms with Crippen LogP contribution in [0.15, 0.2) is 36.0 Å². The number of ether oxygens (including phenoxy) is 4. The molecule has 1 saturated heterocycles. The fraction of sp³-hybridized carbons (Fsp3) is 0.719. The van der Waals surface area contributed by atoms with E-state index in [0.717, 1.165) is 37.7 Å². The number of unbranched alkanes of at least 4 members (excludes halogenated alkanes) is 4. The van der Waals surface area contributed by atoms with Gasteiger partial charge in [-0.2, -0.15) is 0 Å². The maximum atomic E-state index is 13.2. The lowest BCUT2D eigenvalue weighted by Crippen LogP contribution is -2.63. The number of aliphatic hydroxyl groups excluding tert-OH is 1. The zero-order valence-corrected chi connectivity index (χ0v) is 25.1. The summed E-state index contributed by atoms with van der Waals surface area (Å²) in [6, 6.07) is 0. The first-order valence-electron chi connectivity index (χ1n) is 14.8. The van der Waals surface area contributed by atoms with Crippen LogP contribution in [-0.4, -0.2) is 47.8 Å². The standard InChI is InChI=1S/C32H48O8/c1-8-10-11-12-13-14-28(36)39-27-17-21(4)31(7,16-15-20(3)9-2)26-19-24(35)18-25-29(37-22(5)33)40-30(32(25,26)27)38-23(6)34/h9,15,18,21,24,26-27,29-30,35H,2,8,10-14,16-17,19H2,1,3-7H3/b20-15+/t21-,24+,26+,27+,29+,30-,31-,32-/m0/s1. The number of hydrogen-bond acceptors (Lipinski definition) is 8. The zero-order chi connectivity index (χ0) is 29.7. The Balaban J connectivity index is 2.11. The van der Waals surface area contributed by atoms with Gasteiger partial charge in [-0.3, -0.25) is 19.1 Å². The summed E-state index contributed by atoms with van der Waals surface area (Å²) >= 11 is 0. The van der Waals surface area contributed by atoms with Crippen molar-refractivity contribution in [3.8, 4) is 0 Å². The maximum absolute atomic E-state index is 13.2. The Hall–Kier alpha value is -2.45. The zero-order valence-electron chi connectivity index (χ0n) is 25.1. The first kappa shape index (κ1) is 32.1. The summed E-state index contributed by atoms with van der Waals surface area (Å²) in [4.78, 5) is 37.7. The Morgan fingerprint density at radius 1 is 1.07 bits per heavy atom. The van der Waals surface area contributed by atoms with Gasteiger partial charge in [-0.25, -0.2) is 0 Å². The van der Waals surface area contributed by atoms with Gasteiger partial charge in [-0.15, -0.1) is 0 Å². The summed E-state index contributed by atoms with van der Waals surface area (Å²) in [5.74, 6) is -1.68. The van der Waals surface area contributed by atoms with Gasteiger partial charge in [0.05, 0.1) is 6.10 Å². The van der Waals surface area contributed by atoms with Crippen LogP contribution in [0.4, 0.5) is 0 Å². The van der Waals surface area contributed by atoms with Gasteiger partial charge in [-0.05, 0) is 55.9 Å². The Kier molecular flexibility index (Phi) is 10.8. The summed E-state index contributed by atoms with van der Waals surface area (Å²) in [6.07, 6.45) is 8.54. The highest BCUT2D eigenvalue weighted by atomic mass is 16.8. The van der Waals surface area contributed by atoms with Gasteiger partial charge < -0.3 is 19.3 Å². The predicted molar refractivity (Wildman–Crippen MR) is 151 cm³/mol. The molecule has 1 saturated carbocycles. The third-order valence-electron chi connectivity index (χ3n) is 9.33. The smallest absolute Gasteiger partial charge is 0.306 e. The van der Waals surface area contributed by atoms with Crippen LogP contribution in [0.1, 0.15) is 99.3 Å². The molecule has 0 amide bonds. The lowest BCUT2D eigenvalue weighted by atomic mass is 9.45. The van der Waals surface area contributed by atoms with Crippen molar-refractivity contribution in [1.29, 1.82) is 0 Å². The molecular weight excluding hydrogens is 512 g/mol. The molecule has 8 heteroatoms. The SMILES string of the molecule is C=C/C(C)=C/C[C@]1(C)[C@H]2C[C@H](O)C=C3[C@H](OC(C)=O)O[C@H](OC(C)=O)[C@@]32[C@H](OC(=O)CCCCCCC)C[C@@H]1C. The Bertz CT molecular complexity index is 1010. The molecule has 224 valence electrons. The minimum absolute atomic E-state index is 0.0802. The molecule has 0 bridgehead atoms. The number of hydrogen-bond donors (Lipinski definition) is 1. The normalized spacial score (nSPS) is 35.2. The molecule has 8 atom stereocenters. The van der Waals surface area contributed by atoms with Crippen LogP contribution in [0, 0.1) is 22.7 Å². The van der Waals surface area contributed by atoms with Crippen molar-refractivity contribution in [2.24, 2.45) is 22.7 Å². The topological polar surface area (TPSA) is 108 Å². The quantitative estimate of drug-likeness (QED) is 0.103. The van der Waals surface area contributed by atoms with E-state index in [1.165, 1.54) is 13.8 Å². The van der Waals surface area contributed by atoms with Crippen LogP contribution in [-0.2, 0) is 33.3 Å². The van der Waals surface area contributed by atoms with E-state index < -0.39 is 47.6 Å². The number of rotatable bonds is 12. The van der Waals surface area contributed by atoms with Crippen molar-refractivity contribution in [3.63, 3.8) is 0 Å². The highest BCUT2D eigenvalue weighted by Crippen LogP contribution is 2.67. The van der Waals surface area contributed by atoms with Gasteiger partial charge in [0.15, 0.2) is 0 Å². The fourth-order valence-corrected chi connectivity index (χ4v) is 7.01. The van der Waals surface area contributed by atoms with Crippen LogP contribution >= 0.6 is 0 Å². The van der Waals surface area contributed by atoms with Crippen molar-refractivity contribution in [2.45, 2.75) is 124 Å². The van der Waals surface area contributed by atoms with Crippen molar-refractivity contribution in [3.05, 3.63) is 36.0 Å². The number of esters is 3. The molecule has 8 nitrogen and oxygen atoms in total. The number of carbonyl (C=O) groups is 3. The van der Waals surface area contributed by atoms with Crippen molar-refractivity contribution >= 4 is 17.9 Å². The van der Waals surface area contributed by atoms with Gasteiger partial charge in [-0.1, -0.05) is 70.8 Å². The highest BCUT2D eigenvalue weighted by molar-refractivity contribution is 5.70. The lowest BCUT2D eigenvalue weighted by Gasteiger charge is -2.60. The van der Waals surface area contributed by atoms with Crippen LogP contribution in [0.5, 0.6) is 0 Å². The molecule has 0 aromatic rings. The maximum Gasteiger partial charge on any atom is 0.306 e. The molecule has 40 heavy (non-hydrogen) atoms. The second-order valence-electron chi connectivity index (χ2n) is 12.1. The van der Waals surface area contributed by atoms with Gasteiger partial charge in [0.1, 0.15) is 11.5 Å². The summed E-state index contributed by atoms with van der Waals surface area (Å²) in [7, 11) is 0. The minimum Gasteiger partial charge on any atom is -0.461 e. The molecule has 1 heterocycles. The van der Waals surface area contributed by atoms with E-state index in [4.69, 9.17) is 18.9 Å². The van der Waals surface area contributed by atoms with E-state index in [1.54, 1.807) is 12.2 Å². The average Bonchev–Trinajstić information content (AvgIpc) is 3.16. The van der Waals surface area contributed by atoms with Crippen LogP contribution in [0.25, 0.3) is 0 Å². The Labute approximate surface area is 239 Å². The minimum atomic E-state index is -1.17. The monoisotopic (exact) mass is 560 g/mol. The summed E-state index contributed by atoms with van der Waals surface area (Å²) in [6.45, 7) is 14.9. The molecule has 0 aromatic carbocycles. The largest absolute Gasteiger partial charge is 0.461 e. The van der Waals surface area contributed by atoms with E-state index in [2.05, 4.69) is 33.4 Å². The molecule has 0 aromatic heterocycles. The van der Waals surface area contributed by atoms with E-state index in [-0.39, 0.29) is 17.8 Å². The number of allylic oxidation sites excluding steroid dienone is 3. The van der Waals surface area contributed by atoms with Gasteiger partial charge in [0.25, 0.3) is 0 Å². The highest BCUT2D eigenvalue weighted by Gasteiger charge is 2.72. The summed E-state index contributed by atoms with van der Waals surface area (Å²) in [5.41, 5.74) is 0.00466. The molecule has 0 radical (unpaired) electrons. The van der Waals surface area contributed by atoms with Crippen LogP contribution < -0.4 is 0 Å². The van der Waals surface area contributed by atoms with Crippen molar-refractivity contribution < 1.29 is 38.4 Å².